The lowest BCUT2D eigenvalue weighted by molar-refractivity contribution is -0.140. The number of aliphatic carboxylic acids is 1. The Hall–Kier alpha value is -3.45. The van der Waals surface area contributed by atoms with E-state index in [9.17, 15) is 19.6 Å². The summed E-state index contributed by atoms with van der Waals surface area (Å²) >= 11 is 1.25. The average Bonchev–Trinajstić information content (AvgIpc) is 3.08. The highest BCUT2D eigenvalue weighted by atomic mass is 32.1. The molecule has 0 aromatic carbocycles. The van der Waals surface area contributed by atoms with Gasteiger partial charge in [0.15, 0.2) is 6.61 Å². The van der Waals surface area contributed by atoms with Crippen LogP contribution in [0, 0.1) is 11.3 Å². The molecule has 1 aliphatic heterocycles. The second-order valence-corrected chi connectivity index (χ2v) is 7.95. The summed E-state index contributed by atoms with van der Waals surface area (Å²) in [7, 11) is 0. The smallest absolute Gasteiger partial charge is 0.410 e. The molecule has 2 aromatic heterocycles. The number of thiophene rings is 1. The zero-order chi connectivity index (χ0) is 21.7. The minimum Gasteiger partial charge on any atom is -0.479 e. The summed E-state index contributed by atoms with van der Waals surface area (Å²) in [4.78, 5) is 41.5. The number of carboxylic acids is 1. The number of nitriles is 1. The Bertz CT molecular complexity index is 999. The minimum absolute atomic E-state index is 0.0779. The van der Waals surface area contributed by atoms with Crippen molar-refractivity contribution in [1.29, 1.82) is 5.26 Å². The maximum Gasteiger partial charge on any atom is 0.410 e. The van der Waals surface area contributed by atoms with Crippen molar-refractivity contribution in [2.45, 2.75) is 32.2 Å². The number of carbonyl (C=O) groups is 3. The molecule has 1 atom stereocenters. The van der Waals surface area contributed by atoms with Crippen molar-refractivity contribution in [2.24, 2.45) is 0 Å². The van der Waals surface area contributed by atoms with E-state index in [-0.39, 0.29) is 24.8 Å². The number of aromatic nitrogens is 1. The Balaban J connectivity index is 1.68. The van der Waals surface area contributed by atoms with Gasteiger partial charge in [0.1, 0.15) is 11.1 Å². The van der Waals surface area contributed by atoms with E-state index in [1.165, 1.54) is 16.2 Å². The van der Waals surface area contributed by atoms with Gasteiger partial charge in [0.2, 0.25) is 5.91 Å². The molecule has 0 radical (unpaired) electrons. The van der Waals surface area contributed by atoms with Crippen molar-refractivity contribution in [3.8, 4) is 6.07 Å². The molecule has 0 fully saturated rings. The van der Waals surface area contributed by atoms with Crippen LogP contribution in [0.3, 0.4) is 0 Å². The molecular weight excluding hydrogens is 408 g/mol. The molecule has 10 heteroatoms. The van der Waals surface area contributed by atoms with Crippen LogP contribution in [0.5, 0.6) is 0 Å². The zero-order valence-electron chi connectivity index (χ0n) is 16.3. The summed E-state index contributed by atoms with van der Waals surface area (Å²) < 4.78 is 4.72. The number of hydrogen-bond acceptors (Lipinski definition) is 7. The SMILES string of the molecule is CC(CC(=O)Nc1sc2c(c1C#N)CCN(C(=O)OCC(=O)O)C2)c1ccccn1. The molecule has 1 aliphatic rings. The first-order valence-corrected chi connectivity index (χ1v) is 10.1. The third-order valence-corrected chi connectivity index (χ3v) is 5.82. The van der Waals surface area contributed by atoms with E-state index in [2.05, 4.69) is 16.4 Å². The van der Waals surface area contributed by atoms with Crippen molar-refractivity contribution in [3.05, 3.63) is 46.1 Å². The van der Waals surface area contributed by atoms with Gasteiger partial charge in [0.05, 0.1) is 12.1 Å². The van der Waals surface area contributed by atoms with Gasteiger partial charge in [-0.05, 0) is 24.1 Å². The largest absolute Gasteiger partial charge is 0.479 e. The molecule has 3 heterocycles. The Kier molecular flexibility index (Phi) is 6.64. The maximum absolute atomic E-state index is 12.5. The van der Waals surface area contributed by atoms with E-state index in [0.717, 1.165) is 16.1 Å². The van der Waals surface area contributed by atoms with E-state index >= 15 is 0 Å². The minimum atomic E-state index is -1.23. The van der Waals surface area contributed by atoms with Gasteiger partial charge < -0.3 is 20.1 Å². The quantitative estimate of drug-likeness (QED) is 0.723. The molecular formula is C20H20N4O5S. The number of rotatable bonds is 6. The van der Waals surface area contributed by atoms with E-state index in [1.54, 1.807) is 6.20 Å². The maximum atomic E-state index is 12.5. The number of hydrogen-bond donors (Lipinski definition) is 2. The van der Waals surface area contributed by atoms with Crippen LogP contribution < -0.4 is 5.32 Å². The molecule has 0 aliphatic carbocycles. The summed E-state index contributed by atoms with van der Waals surface area (Å²) in [6.07, 6.45) is 1.61. The molecule has 1 unspecified atom stereocenters. The molecule has 0 bridgehead atoms. The average molecular weight is 428 g/mol. The highest BCUT2D eigenvalue weighted by Crippen LogP contribution is 2.37. The Morgan fingerprint density at radius 2 is 2.23 bits per heavy atom. The van der Waals surface area contributed by atoms with Crippen LogP contribution in [0.15, 0.2) is 24.4 Å². The molecule has 2 aromatic rings. The topological polar surface area (TPSA) is 133 Å². The second kappa shape index (κ2) is 9.37. The number of nitrogens with zero attached hydrogens (tertiary/aromatic N) is 3. The van der Waals surface area contributed by atoms with Gasteiger partial charge in [0.25, 0.3) is 0 Å². The van der Waals surface area contributed by atoms with Crippen LogP contribution in [0.4, 0.5) is 9.80 Å². The Labute approximate surface area is 176 Å². The van der Waals surface area contributed by atoms with Crippen molar-refractivity contribution < 1.29 is 24.2 Å². The van der Waals surface area contributed by atoms with Gasteiger partial charge in [-0.2, -0.15) is 5.26 Å². The molecule has 0 spiro atoms. The summed E-state index contributed by atoms with van der Waals surface area (Å²) in [5.41, 5.74) is 2.03. The molecule has 9 nitrogen and oxygen atoms in total. The van der Waals surface area contributed by atoms with Gasteiger partial charge in [-0.25, -0.2) is 9.59 Å². The molecule has 30 heavy (non-hydrogen) atoms. The van der Waals surface area contributed by atoms with Gasteiger partial charge in [-0.15, -0.1) is 11.3 Å². The number of pyridine rings is 1. The molecule has 156 valence electrons. The van der Waals surface area contributed by atoms with Gasteiger partial charge in [0, 0.05) is 35.7 Å². The Morgan fingerprint density at radius 1 is 1.43 bits per heavy atom. The molecule has 2 N–H and O–H groups in total. The summed E-state index contributed by atoms with van der Waals surface area (Å²) in [6, 6.07) is 7.69. The van der Waals surface area contributed by atoms with Crippen LogP contribution in [0.25, 0.3) is 0 Å². The fourth-order valence-corrected chi connectivity index (χ4v) is 4.44. The molecule has 0 saturated heterocycles. The summed E-state index contributed by atoms with van der Waals surface area (Å²) in [5, 5.41) is 21.5. The highest BCUT2D eigenvalue weighted by Gasteiger charge is 2.28. The van der Waals surface area contributed by atoms with Gasteiger partial charge >= 0.3 is 12.1 Å². The number of nitrogens with one attached hydrogen (secondary N) is 1. The van der Waals surface area contributed by atoms with Gasteiger partial charge in [-0.1, -0.05) is 13.0 Å². The molecule has 2 amide bonds. The summed E-state index contributed by atoms with van der Waals surface area (Å²) in [5.74, 6) is -1.53. The predicted molar refractivity (Wildman–Crippen MR) is 108 cm³/mol. The van der Waals surface area contributed by atoms with Crippen molar-refractivity contribution in [1.82, 2.24) is 9.88 Å². The van der Waals surface area contributed by atoms with Gasteiger partial charge in [-0.3, -0.25) is 9.78 Å². The monoisotopic (exact) mass is 428 g/mol. The lowest BCUT2D eigenvalue weighted by Crippen LogP contribution is -2.36. The van der Waals surface area contributed by atoms with Crippen molar-refractivity contribution >= 4 is 34.3 Å². The number of fused-ring (bicyclic) bond motifs is 1. The molecule has 0 saturated carbocycles. The summed E-state index contributed by atoms with van der Waals surface area (Å²) in [6.45, 7) is 1.72. The lowest BCUT2D eigenvalue weighted by Gasteiger charge is -2.25. The van der Waals surface area contributed by atoms with Crippen LogP contribution >= 0.6 is 11.3 Å². The standard InChI is InChI=1S/C20H20N4O5S/c1-12(15-4-2-3-6-22-15)8-17(25)23-19-14(9-21)13-5-7-24(10-16(13)30-19)20(28)29-11-18(26)27/h2-4,6,12H,5,7-8,10-11H2,1H3,(H,23,25)(H,26,27). The first-order chi connectivity index (χ1) is 14.4. The van der Waals surface area contributed by atoms with Crippen molar-refractivity contribution in [2.75, 3.05) is 18.5 Å². The number of amides is 2. The van der Waals surface area contributed by atoms with Crippen LogP contribution in [-0.2, 0) is 27.3 Å². The third kappa shape index (κ3) is 4.93. The zero-order valence-corrected chi connectivity index (χ0v) is 17.1. The number of carboxylic acid groups (broad SMARTS) is 1. The predicted octanol–water partition coefficient (Wildman–Crippen LogP) is 2.73. The van der Waals surface area contributed by atoms with E-state index in [0.29, 0.717) is 23.5 Å². The third-order valence-electron chi connectivity index (χ3n) is 4.68. The Morgan fingerprint density at radius 3 is 2.90 bits per heavy atom. The van der Waals surface area contributed by atoms with Crippen molar-refractivity contribution in [3.63, 3.8) is 0 Å². The van der Waals surface area contributed by atoms with Crippen LogP contribution in [0.1, 0.15) is 41.0 Å². The van der Waals surface area contributed by atoms with E-state index < -0.39 is 18.7 Å². The van der Waals surface area contributed by atoms with E-state index in [1.807, 2.05) is 25.1 Å². The van der Waals surface area contributed by atoms with Crippen LogP contribution in [0.2, 0.25) is 0 Å². The fourth-order valence-electron chi connectivity index (χ4n) is 3.21. The van der Waals surface area contributed by atoms with Crippen LogP contribution in [-0.4, -0.2) is 46.1 Å². The first-order valence-electron chi connectivity index (χ1n) is 9.28. The fraction of sp³-hybridized carbons (Fsp3) is 0.350. The highest BCUT2D eigenvalue weighted by molar-refractivity contribution is 7.16. The normalized spacial score (nSPS) is 13.7. The second-order valence-electron chi connectivity index (χ2n) is 6.85. The number of ether oxygens (including phenoxy) is 1. The van der Waals surface area contributed by atoms with E-state index in [4.69, 9.17) is 9.84 Å². The molecule has 3 rings (SSSR count). The number of anilines is 1. The number of carbonyl (C=O) groups excluding carboxylic acids is 2. The first kappa shape index (κ1) is 21.3. The lowest BCUT2D eigenvalue weighted by atomic mass is 10.0.